The van der Waals surface area contributed by atoms with Gasteiger partial charge in [-0.1, -0.05) is 43.0 Å². The molecule has 2 aromatic rings. The van der Waals surface area contributed by atoms with Gasteiger partial charge >= 0.3 is 5.97 Å². The molecule has 2 aromatic carbocycles. The molecule has 1 heterocycles. The third-order valence-corrected chi connectivity index (χ3v) is 4.86. The molecule has 0 radical (unpaired) electrons. The molecular weight excluding hydrogens is 304 g/mol. The molecule has 24 heavy (non-hydrogen) atoms. The van der Waals surface area contributed by atoms with E-state index in [-0.39, 0.29) is 11.7 Å². The second-order valence-electron chi connectivity index (χ2n) is 6.10. The molecule has 4 heteroatoms. The zero-order valence-electron chi connectivity index (χ0n) is 13.2. The van der Waals surface area contributed by atoms with Gasteiger partial charge in [0.25, 0.3) is 0 Å². The molecule has 0 unspecified atom stereocenters. The second kappa shape index (κ2) is 5.34. The smallest absolute Gasteiger partial charge is 0.339 e. The van der Waals surface area contributed by atoms with Crippen LogP contribution in [-0.2, 0) is 11.2 Å². The number of fused-ring (bicyclic) bond motifs is 2. The third kappa shape index (κ3) is 1.99. The number of ether oxygens (including phenoxy) is 2. The Morgan fingerprint density at radius 2 is 1.92 bits per heavy atom. The van der Waals surface area contributed by atoms with Crippen LogP contribution in [0.3, 0.4) is 0 Å². The number of para-hydroxylation sites is 1. The van der Waals surface area contributed by atoms with Gasteiger partial charge < -0.3 is 9.47 Å². The summed E-state index contributed by atoms with van der Waals surface area (Å²) in [6.07, 6.45) is 0.600. The standard InChI is InChI=1S/C20H16O4/c1-11-17(15-10-12-6-3-4-7-13(12)18(15)21)14-8-5-9-16(23-2)19(14)24-20(11)22/h3-9,15,17H,1,10H2,2H3/t15-,17-/m0/s1. The summed E-state index contributed by atoms with van der Waals surface area (Å²) in [5.74, 6) is -0.293. The van der Waals surface area contributed by atoms with Gasteiger partial charge in [-0.05, 0) is 18.1 Å². The maximum atomic E-state index is 12.9. The minimum atomic E-state index is -0.499. The minimum Gasteiger partial charge on any atom is -0.493 e. The molecule has 0 fully saturated rings. The highest BCUT2D eigenvalue weighted by Crippen LogP contribution is 2.48. The number of ketones is 1. The molecule has 2 atom stereocenters. The average molecular weight is 320 g/mol. The Bertz CT molecular complexity index is 881. The van der Waals surface area contributed by atoms with E-state index in [1.165, 1.54) is 7.11 Å². The summed E-state index contributed by atoms with van der Waals surface area (Å²) in [7, 11) is 1.53. The molecule has 0 aromatic heterocycles. The molecule has 0 N–H and O–H groups in total. The lowest BCUT2D eigenvalue weighted by Crippen LogP contribution is -2.30. The third-order valence-electron chi connectivity index (χ3n) is 4.86. The number of carbonyl (C=O) groups is 2. The van der Waals surface area contributed by atoms with Crippen LogP contribution in [0.25, 0.3) is 0 Å². The Kier molecular flexibility index (Phi) is 3.27. The van der Waals surface area contributed by atoms with Crippen LogP contribution in [0, 0.1) is 5.92 Å². The summed E-state index contributed by atoms with van der Waals surface area (Å²) in [5.41, 5.74) is 2.86. The highest BCUT2D eigenvalue weighted by atomic mass is 16.6. The number of esters is 1. The lowest BCUT2D eigenvalue weighted by Gasteiger charge is -2.30. The summed E-state index contributed by atoms with van der Waals surface area (Å²) >= 11 is 0. The van der Waals surface area contributed by atoms with Crippen molar-refractivity contribution in [2.24, 2.45) is 5.92 Å². The van der Waals surface area contributed by atoms with Crippen molar-refractivity contribution in [3.63, 3.8) is 0 Å². The lowest BCUT2D eigenvalue weighted by atomic mass is 9.77. The number of benzene rings is 2. The summed E-state index contributed by atoms with van der Waals surface area (Å²) in [5, 5.41) is 0. The van der Waals surface area contributed by atoms with Crippen molar-refractivity contribution in [2.45, 2.75) is 12.3 Å². The fourth-order valence-corrected chi connectivity index (χ4v) is 3.72. The van der Waals surface area contributed by atoms with Crippen molar-refractivity contribution in [3.05, 3.63) is 71.3 Å². The van der Waals surface area contributed by atoms with Gasteiger partial charge in [-0.2, -0.15) is 0 Å². The molecule has 0 bridgehead atoms. The van der Waals surface area contributed by atoms with Gasteiger partial charge in [0.1, 0.15) is 0 Å². The van der Waals surface area contributed by atoms with Gasteiger partial charge in [-0.3, -0.25) is 4.79 Å². The van der Waals surface area contributed by atoms with E-state index >= 15 is 0 Å². The first kappa shape index (κ1) is 14.7. The van der Waals surface area contributed by atoms with Gasteiger partial charge in [0.05, 0.1) is 7.11 Å². The van der Waals surface area contributed by atoms with E-state index in [9.17, 15) is 9.59 Å². The van der Waals surface area contributed by atoms with Crippen molar-refractivity contribution in [1.29, 1.82) is 0 Å². The molecular formula is C20H16O4. The van der Waals surface area contributed by atoms with Crippen LogP contribution in [-0.4, -0.2) is 18.9 Å². The van der Waals surface area contributed by atoms with E-state index in [0.717, 1.165) is 16.7 Å². The molecule has 120 valence electrons. The largest absolute Gasteiger partial charge is 0.493 e. The monoisotopic (exact) mass is 320 g/mol. The van der Waals surface area contributed by atoms with Gasteiger partial charge in [0.2, 0.25) is 0 Å². The number of methoxy groups -OCH3 is 1. The minimum absolute atomic E-state index is 0.0558. The molecule has 0 saturated carbocycles. The predicted molar refractivity (Wildman–Crippen MR) is 88.5 cm³/mol. The highest BCUT2D eigenvalue weighted by molar-refractivity contribution is 6.05. The van der Waals surface area contributed by atoms with E-state index in [1.54, 1.807) is 6.07 Å². The number of hydrogen-bond acceptors (Lipinski definition) is 4. The van der Waals surface area contributed by atoms with Crippen molar-refractivity contribution >= 4 is 11.8 Å². The summed E-state index contributed by atoms with van der Waals surface area (Å²) in [4.78, 5) is 25.2. The molecule has 0 spiro atoms. The molecule has 1 aliphatic carbocycles. The Balaban J connectivity index is 1.84. The number of hydrogen-bond donors (Lipinski definition) is 0. The van der Waals surface area contributed by atoms with Crippen LogP contribution >= 0.6 is 0 Å². The highest BCUT2D eigenvalue weighted by Gasteiger charge is 2.44. The zero-order valence-corrected chi connectivity index (χ0v) is 13.2. The maximum Gasteiger partial charge on any atom is 0.339 e. The van der Waals surface area contributed by atoms with Crippen molar-refractivity contribution in [1.82, 2.24) is 0 Å². The first-order chi connectivity index (χ1) is 11.6. The second-order valence-corrected chi connectivity index (χ2v) is 6.10. The fraction of sp³-hybridized carbons (Fsp3) is 0.200. The number of carbonyl (C=O) groups excluding carboxylic acids is 2. The first-order valence-corrected chi connectivity index (χ1v) is 7.81. The Morgan fingerprint density at radius 1 is 1.12 bits per heavy atom. The van der Waals surface area contributed by atoms with E-state index < -0.39 is 11.9 Å². The SMILES string of the molecule is C=C1C(=O)Oc2c(OC)cccc2[C@H]1[C@@H]1Cc2ccccc2C1=O. The lowest BCUT2D eigenvalue weighted by molar-refractivity contribution is -0.131. The van der Waals surface area contributed by atoms with Crippen LogP contribution in [0.15, 0.2) is 54.6 Å². The first-order valence-electron chi connectivity index (χ1n) is 7.81. The summed E-state index contributed by atoms with van der Waals surface area (Å²) < 4.78 is 10.7. The normalized spacial score (nSPS) is 22.0. The van der Waals surface area contributed by atoms with Crippen LogP contribution < -0.4 is 9.47 Å². The van der Waals surface area contributed by atoms with Crippen LogP contribution in [0.1, 0.15) is 27.4 Å². The Morgan fingerprint density at radius 3 is 2.67 bits per heavy atom. The fourth-order valence-electron chi connectivity index (χ4n) is 3.72. The predicted octanol–water partition coefficient (Wildman–Crippen LogP) is 3.31. The van der Waals surface area contributed by atoms with Gasteiger partial charge in [-0.25, -0.2) is 4.79 Å². The van der Waals surface area contributed by atoms with Crippen LogP contribution in [0.5, 0.6) is 11.5 Å². The molecule has 2 aliphatic rings. The zero-order chi connectivity index (χ0) is 16.8. The summed E-state index contributed by atoms with van der Waals surface area (Å²) in [6.45, 7) is 3.91. The average Bonchev–Trinajstić information content (AvgIpc) is 2.92. The molecule has 0 saturated heterocycles. The molecule has 1 aliphatic heterocycles. The molecule has 4 rings (SSSR count). The Hall–Kier alpha value is -2.88. The van der Waals surface area contributed by atoms with E-state index in [1.807, 2.05) is 36.4 Å². The topological polar surface area (TPSA) is 52.6 Å². The van der Waals surface area contributed by atoms with E-state index in [0.29, 0.717) is 23.5 Å². The van der Waals surface area contributed by atoms with Gasteiger partial charge in [-0.15, -0.1) is 0 Å². The number of Topliss-reactive ketones (excluding diaryl/α,β-unsaturated/α-hetero) is 1. The quantitative estimate of drug-likeness (QED) is 0.484. The van der Waals surface area contributed by atoms with Gasteiger partial charge in [0.15, 0.2) is 17.3 Å². The van der Waals surface area contributed by atoms with Crippen LogP contribution in [0.4, 0.5) is 0 Å². The molecule has 0 amide bonds. The summed E-state index contributed by atoms with van der Waals surface area (Å²) in [6, 6.07) is 13.0. The van der Waals surface area contributed by atoms with Crippen molar-refractivity contribution in [3.8, 4) is 11.5 Å². The van der Waals surface area contributed by atoms with E-state index in [4.69, 9.17) is 9.47 Å². The van der Waals surface area contributed by atoms with E-state index in [2.05, 4.69) is 6.58 Å². The van der Waals surface area contributed by atoms with Gasteiger partial charge in [0, 0.05) is 28.5 Å². The molecule has 4 nitrogen and oxygen atoms in total. The van der Waals surface area contributed by atoms with Crippen molar-refractivity contribution in [2.75, 3.05) is 7.11 Å². The number of rotatable bonds is 2. The van der Waals surface area contributed by atoms with Crippen LogP contribution in [0.2, 0.25) is 0 Å². The van der Waals surface area contributed by atoms with Crippen molar-refractivity contribution < 1.29 is 19.1 Å². The maximum absolute atomic E-state index is 12.9. The Labute approximate surface area is 139 Å².